The Hall–Kier alpha value is -1.48. The van der Waals surface area contributed by atoms with Crippen molar-refractivity contribution in [2.45, 2.75) is 18.8 Å². The lowest BCUT2D eigenvalue weighted by molar-refractivity contribution is 0.767. The molecular formula is C13H16ClN3. The molecule has 1 aromatic carbocycles. The molecule has 0 saturated heterocycles. The van der Waals surface area contributed by atoms with Gasteiger partial charge >= 0.3 is 0 Å². The van der Waals surface area contributed by atoms with Crippen LogP contribution in [0.25, 0.3) is 0 Å². The number of nitrogens with one attached hydrogen (secondary N) is 1. The summed E-state index contributed by atoms with van der Waals surface area (Å²) >= 11 is 6.14. The summed E-state index contributed by atoms with van der Waals surface area (Å²) in [6.45, 7) is 2.74. The molecule has 90 valence electrons. The first-order valence-electron chi connectivity index (χ1n) is 5.61. The molecule has 0 fully saturated rings. The van der Waals surface area contributed by atoms with Gasteiger partial charge in [0.25, 0.3) is 0 Å². The Balaban J connectivity index is 2.08. The van der Waals surface area contributed by atoms with Crippen LogP contribution in [0.1, 0.15) is 23.4 Å². The van der Waals surface area contributed by atoms with Gasteiger partial charge in [0.1, 0.15) is 0 Å². The van der Waals surface area contributed by atoms with Crippen molar-refractivity contribution in [3.05, 3.63) is 47.8 Å². The van der Waals surface area contributed by atoms with Gasteiger partial charge in [0.2, 0.25) is 0 Å². The van der Waals surface area contributed by atoms with Crippen LogP contribution in [0.15, 0.2) is 36.7 Å². The molecule has 0 amide bonds. The van der Waals surface area contributed by atoms with Crippen LogP contribution in [0.5, 0.6) is 0 Å². The SMILES string of the molecule is CC(Cl)c1ccccc1NCc1cnn(C)c1. The average Bonchev–Trinajstić information content (AvgIpc) is 2.73. The normalized spacial score (nSPS) is 12.4. The van der Waals surface area contributed by atoms with Crippen molar-refractivity contribution in [1.82, 2.24) is 9.78 Å². The molecule has 0 aliphatic carbocycles. The zero-order valence-corrected chi connectivity index (χ0v) is 10.8. The van der Waals surface area contributed by atoms with Crippen LogP contribution in [0, 0.1) is 0 Å². The number of anilines is 1. The van der Waals surface area contributed by atoms with Crippen molar-refractivity contribution >= 4 is 17.3 Å². The number of alkyl halides is 1. The Morgan fingerprint density at radius 1 is 1.41 bits per heavy atom. The lowest BCUT2D eigenvalue weighted by Crippen LogP contribution is -2.02. The standard InChI is InChI=1S/C13H16ClN3/c1-10(14)12-5-3-4-6-13(12)15-7-11-8-16-17(2)9-11/h3-6,8-10,15H,7H2,1-2H3. The Kier molecular flexibility index (Phi) is 3.69. The monoisotopic (exact) mass is 249 g/mol. The third-order valence-electron chi connectivity index (χ3n) is 2.63. The van der Waals surface area contributed by atoms with Gasteiger partial charge < -0.3 is 5.32 Å². The van der Waals surface area contributed by atoms with Crippen LogP contribution < -0.4 is 5.32 Å². The average molecular weight is 250 g/mol. The van der Waals surface area contributed by atoms with Crippen molar-refractivity contribution < 1.29 is 0 Å². The van der Waals surface area contributed by atoms with Crippen molar-refractivity contribution in [1.29, 1.82) is 0 Å². The number of hydrogen-bond acceptors (Lipinski definition) is 2. The zero-order valence-electron chi connectivity index (χ0n) is 10.0. The largest absolute Gasteiger partial charge is 0.381 e. The van der Waals surface area contributed by atoms with E-state index in [1.165, 1.54) is 0 Å². The van der Waals surface area contributed by atoms with E-state index in [0.717, 1.165) is 23.4 Å². The number of rotatable bonds is 4. The second kappa shape index (κ2) is 5.23. The Morgan fingerprint density at radius 3 is 2.82 bits per heavy atom. The maximum absolute atomic E-state index is 6.14. The fraction of sp³-hybridized carbons (Fsp3) is 0.308. The third-order valence-corrected chi connectivity index (χ3v) is 2.87. The topological polar surface area (TPSA) is 29.9 Å². The molecule has 1 aromatic heterocycles. The van der Waals surface area contributed by atoms with Gasteiger partial charge in [-0.25, -0.2) is 0 Å². The van der Waals surface area contributed by atoms with Crippen LogP contribution >= 0.6 is 11.6 Å². The maximum atomic E-state index is 6.14. The highest BCUT2D eigenvalue weighted by molar-refractivity contribution is 6.21. The van der Waals surface area contributed by atoms with Gasteiger partial charge in [-0.2, -0.15) is 5.10 Å². The van der Waals surface area contributed by atoms with Gasteiger partial charge in [-0.3, -0.25) is 4.68 Å². The number of aromatic nitrogens is 2. The molecular weight excluding hydrogens is 234 g/mol. The van der Waals surface area contributed by atoms with Crippen LogP contribution in [0.2, 0.25) is 0 Å². The number of nitrogens with zero attached hydrogens (tertiary/aromatic N) is 2. The van der Waals surface area contributed by atoms with Crippen LogP contribution in [-0.4, -0.2) is 9.78 Å². The summed E-state index contributed by atoms with van der Waals surface area (Å²) in [5, 5.41) is 7.53. The molecule has 1 heterocycles. The molecule has 0 spiro atoms. The predicted octanol–water partition coefficient (Wildman–Crippen LogP) is 3.33. The highest BCUT2D eigenvalue weighted by atomic mass is 35.5. The fourth-order valence-electron chi connectivity index (χ4n) is 1.77. The van der Waals surface area contributed by atoms with E-state index in [9.17, 15) is 0 Å². The smallest absolute Gasteiger partial charge is 0.0577 e. The number of hydrogen-bond donors (Lipinski definition) is 1. The van der Waals surface area contributed by atoms with E-state index in [2.05, 4.69) is 10.4 Å². The Labute approximate surface area is 106 Å². The van der Waals surface area contributed by atoms with Crippen LogP contribution in [-0.2, 0) is 13.6 Å². The van der Waals surface area contributed by atoms with Gasteiger partial charge in [0, 0.05) is 31.0 Å². The Morgan fingerprint density at radius 2 is 2.18 bits per heavy atom. The molecule has 1 atom stereocenters. The lowest BCUT2D eigenvalue weighted by Gasteiger charge is -2.12. The second-order valence-corrected chi connectivity index (χ2v) is 4.73. The van der Waals surface area contributed by atoms with Gasteiger partial charge in [0.05, 0.1) is 11.6 Å². The summed E-state index contributed by atoms with van der Waals surface area (Å²) in [4.78, 5) is 0. The summed E-state index contributed by atoms with van der Waals surface area (Å²) in [5.41, 5.74) is 3.36. The summed E-state index contributed by atoms with van der Waals surface area (Å²) < 4.78 is 1.80. The molecule has 2 rings (SSSR count). The van der Waals surface area contributed by atoms with E-state index >= 15 is 0 Å². The molecule has 1 N–H and O–H groups in total. The molecule has 0 radical (unpaired) electrons. The predicted molar refractivity (Wildman–Crippen MR) is 71.2 cm³/mol. The van der Waals surface area contributed by atoms with E-state index in [4.69, 9.17) is 11.6 Å². The fourth-order valence-corrected chi connectivity index (χ4v) is 1.96. The highest BCUT2D eigenvalue weighted by Gasteiger charge is 2.06. The third kappa shape index (κ3) is 3.01. The quantitative estimate of drug-likeness (QED) is 0.843. The van der Waals surface area contributed by atoms with Gasteiger partial charge in [-0.05, 0) is 18.6 Å². The first kappa shape index (κ1) is 12.0. The molecule has 2 aromatic rings. The van der Waals surface area contributed by atoms with Gasteiger partial charge in [-0.1, -0.05) is 18.2 Å². The van der Waals surface area contributed by atoms with Crippen molar-refractivity contribution in [2.75, 3.05) is 5.32 Å². The lowest BCUT2D eigenvalue weighted by atomic mass is 10.1. The van der Waals surface area contributed by atoms with Gasteiger partial charge in [-0.15, -0.1) is 11.6 Å². The first-order chi connectivity index (χ1) is 8.16. The van der Waals surface area contributed by atoms with E-state index in [1.54, 1.807) is 4.68 Å². The summed E-state index contributed by atoms with van der Waals surface area (Å²) in [7, 11) is 1.91. The minimum Gasteiger partial charge on any atom is -0.381 e. The van der Waals surface area contributed by atoms with Crippen molar-refractivity contribution in [3.63, 3.8) is 0 Å². The summed E-state index contributed by atoms with van der Waals surface area (Å²) in [5.74, 6) is 0. The van der Waals surface area contributed by atoms with Gasteiger partial charge in [0.15, 0.2) is 0 Å². The maximum Gasteiger partial charge on any atom is 0.0577 e. The minimum absolute atomic E-state index is 0.00704. The molecule has 0 bridgehead atoms. The van der Waals surface area contributed by atoms with Crippen molar-refractivity contribution in [2.24, 2.45) is 7.05 Å². The molecule has 17 heavy (non-hydrogen) atoms. The summed E-state index contributed by atoms with van der Waals surface area (Å²) in [6.07, 6.45) is 3.86. The van der Waals surface area contributed by atoms with Crippen LogP contribution in [0.3, 0.4) is 0 Å². The molecule has 1 unspecified atom stereocenters. The number of para-hydroxylation sites is 1. The van der Waals surface area contributed by atoms with E-state index < -0.39 is 0 Å². The number of halogens is 1. The first-order valence-corrected chi connectivity index (χ1v) is 6.05. The zero-order chi connectivity index (χ0) is 12.3. The van der Waals surface area contributed by atoms with Crippen molar-refractivity contribution in [3.8, 4) is 0 Å². The van der Waals surface area contributed by atoms with E-state index in [1.807, 2.05) is 50.6 Å². The van der Waals surface area contributed by atoms with E-state index in [0.29, 0.717) is 0 Å². The second-order valence-electron chi connectivity index (χ2n) is 4.08. The number of benzene rings is 1. The van der Waals surface area contributed by atoms with Crippen LogP contribution in [0.4, 0.5) is 5.69 Å². The molecule has 0 aliphatic heterocycles. The number of aryl methyl sites for hydroxylation is 1. The molecule has 3 nitrogen and oxygen atoms in total. The highest BCUT2D eigenvalue weighted by Crippen LogP contribution is 2.27. The summed E-state index contributed by atoms with van der Waals surface area (Å²) in [6, 6.07) is 8.10. The molecule has 0 aliphatic rings. The molecule has 4 heteroatoms. The van der Waals surface area contributed by atoms with E-state index in [-0.39, 0.29) is 5.38 Å². The molecule has 0 saturated carbocycles. The minimum atomic E-state index is 0.00704. The Bertz CT molecular complexity index is 491.